The Morgan fingerprint density at radius 1 is 0.957 bits per heavy atom. The van der Waals surface area contributed by atoms with Gasteiger partial charge in [0.15, 0.2) is 9.84 Å². The third-order valence-electron chi connectivity index (χ3n) is 4.91. The minimum Gasteiger partial charge on any atom is -0.369 e. The molecule has 0 spiro atoms. The molecule has 1 heterocycles. The van der Waals surface area contributed by atoms with Crippen LogP contribution in [0.2, 0.25) is 0 Å². The highest BCUT2D eigenvalue weighted by atomic mass is 32.2. The Balaban J connectivity index is 1.61. The Kier molecular flexibility index (Phi) is 6.26. The third-order valence-corrected chi connectivity index (χ3v) is 6.80. The van der Waals surface area contributed by atoms with Crippen molar-refractivity contribution >= 4 is 21.8 Å². The summed E-state index contributed by atoms with van der Waals surface area (Å²) in [6.07, 6.45) is 4.91. The highest BCUT2D eigenvalue weighted by molar-refractivity contribution is 7.91. The van der Waals surface area contributed by atoms with Crippen LogP contribution in [0.15, 0.2) is 0 Å². The van der Waals surface area contributed by atoms with Gasteiger partial charge in [0.1, 0.15) is 0 Å². The van der Waals surface area contributed by atoms with E-state index in [0.29, 0.717) is 25.4 Å². The first-order chi connectivity index (χ1) is 10.9. The molecule has 0 aromatic carbocycles. The van der Waals surface area contributed by atoms with Gasteiger partial charge in [0.25, 0.3) is 0 Å². The maximum absolute atomic E-state index is 11.8. The number of hydrogen-bond acceptors (Lipinski definition) is 4. The lowest BCUT2D eigenvalue weighted by molar-refractivity contribution is -0.122. The van der Waals surface area contributed by atoms with Gasteiger partial charge in [0.05, 0.1) is 11.5 Å². The third kappa shape index (κ3) is 6.01. The minimum atomic E-state index is -2.93. The lowest BCUT2D eigenvalue weighted by Gasteiger charge is -2.27. The van der Waals surface area contributed by atoms with E-state index in [1.54, 1.807) is 0 Å². The van der Waals surface area contributed by atoms with Gasteiger partial charge in [-0.15, -0.1) is 0 Å². The summed E-state index contributed by atoms with van der Waals surface area (Å²) >= 11 is 0. The molecule has 3 amide bonds. The van der Waals surface area contributed by atoms with Gasteiger partial charge in [-0.25, -0.2) is 13.2 Å². The van der Waals surface area contributed by atoms with Gasteiger partial charge in [0.2, 0.25) is 5.91 Å². The van der Waals surface area contributed by atoms with E-state index in [-0.39, 0.29) is 35.3 Å². The zero-order valence-electron chi connectivity index (χ0n) is 13.4. The van der Waals surface area contributed by atoms with Crippen LogP contribution >= 0.6 is 0 Å². The second-order valence-corrected chi connectivity index (χ2v) is 9.06. The van der Waals surface area contributed by atoms with Crippen LogP contribution in [-0.4, -0.2) is 45.0 Å². The van der Waals surface area contributed by atoms with Crippen molar-refractivity contribution in [1.82, 2.24) is 10.6 Å². The Hall–Kier alpha value is -1.31. The van der Waals surface area contributed by atoms with E-state index in [1.807, 2.05) is 0 Å². The predicted octanol–water partition coefficient (Wildman–Crippen LogP) is 0.402. The second kappa shape index (κ2) is 7.99. The van der Waals surface area contributed by atoms with Gasteiger partial charge in [-0.05, 0) is 50.4 Å². The molecule has 0 radical (unpaired) electrons. The van der Waals surface area contributed by atoms with Crippen molar-refractivity contribution in [1.29, 1.82) is 0 Å². The number of primary amides is 1. The number of carbonyl (C=O) groups excluding carboxylic acids is 2. The van der Waals surface area contributed by atoms with Crippen molar-refractivity contribution in [2.24, 2.45) is 23.5 Å². The standard InChI is InChI=1S/C15H27N3O4S/c16-14(19)13-5-3-11(4-6-13)8-17-15(20)18-9-12-2-1-7-23(21,22)10-12/h11-13H,1-10H2,(H2,16,19)(H2,17,18,20). The number of sulfone groups is 1. The van der Waals surface area contributed by atoms with Gasteiger partial charge in [-0.3, -0.25) is 4.79 Å². The van der Waals surface area contributed by atoms with Crippen molar-refractivity contribution in [3.8, 4) is 0 Å². The lowest BCUT2D eigenvalue weighted by Crippen LogP contribution is -2.43. The molecule has 1 aliphatic heterocycles. The predicted molar refractivity (Wildman–Crippen MR) is 87.4 cm³/mol. The number of urea groups is 1. The van der Waals surface area contributed by atoms with Crippen LogP contribution in [0.1, 0.15) is 38.5 Å². The molecule has 1 aliphatic carbocycles. The summed E-state index contributed by atoms with van der Waals surface area (Å²) in [6.45, 7) is 0.986. The summed E-state index contributed by atoms with van der Waals surface area (Å²) in [5.41, 5.74) is 5.30. The summed E-state index contributed by atoms with van der Waals surface area (Å²) in [4.78, 5) is 22.9. The molecule has 23 heavy (non-hydrogen) atoms. The van der Waals surface area contributed by atoms with E-state index in [1.165, 1.54) is 0 Å². The fourth-order valence-corrected chi connectivity index (χ4v) is 5.24. The van der Waals surface area contributed by atoms with E-state index in [4.69, 9.17) is 5.73 Å². The number of rotatable bonds is 5. The first-order valence-electron chi connectivity index (χ1n) is 8.37. The van der Waals surface area contributed by atoms with Crippen LogP contribution in [0.5, 0.6) is 0 Å². The molecule has 1 saturated heterocycles. The molecular weight excluding hydrogens is 318 g/mol. The first kappa shape index (κ1) is 18.0. The summed E-state index contributed by atoms with van der Waals surface area (Å²) < 4.78 is 23.1. The fourth-order valence-electron chi connectivity index (χ4n) is 3.47. The highest BCUT2D eigenvalue weighted by Crippen LogP contribution is 2.28. The molecule has 4 N–H and O–H groups in total. The van der Waals surface area contributed by atoms with Crippen LogP contribution in [0.4, 0.5) is 4.79 Å². The molecule has 1 atom stereocenters. The molecule has 8 heteroatoms. The molecule has 1 saturated carbocycles. The Morgan fingerprint density at radius 2 is 1.57 bits per heavy atom. The smallest absolute Gasteiger partial charge is 0.314 e. The molecule has 2 rings (SSSR count). The maximum atomic E-state index is 11.8. The largest absolute Gasteiger partial charge is 0.369 e. The van der Waals surface area contributed by atoms with Crippen LogP contribution in [0.25, 0.3) is 0 Å². The second-order valence-electron chi connectivity index (χ2n) is 6.83. The van der Waals surface area contributed by atoms with Gasteiger partial charge < -0.3 is 16.4 Å². The number of amides is 3. The molecule has 1 unspecified atom stereocenters. The van der Waals surface area contributed by atoms with E-state index < -0.39 is 9.84 Å². The highest BCUT2D eigenvalue weighted by Gasteiger charge is 2.26. The number of nitrogens with one attached hydrogen (secondary N) is 2. The van der Waals surface area contributed by atoms with Gasteiger partial charge >= 0.3 is 6.03 Å². The van der Waals surface area contributed by atoms with Gasteiger partial charge in [0, 0.05) is 19.0 Å². The van der Waals surface area contributed by atoms with E-state index in [0.717, 1.165) is 32.1 Å². The normalized spacial score (nSPS) is 30.3. The van der Waals surface area contributed by atoms with Gasteiger partial charge in [-0.1, -0.05) is 0 Å². The Morgan fingerprint density at radius 3 is 2.13 bits per heavy atom. The van der Waals surface area contributed by atoms with Crippen LogP contribution < -0.4 is 16.4 Å². The zero-order chi connectivity index (χ0) is 16.9. The zero-order valence-corrected chi connectivity index (χ0v) is 14.2. The molecular formula is C15H27N3O4S. The van der Waals surface area contributed by atoms with Crippen LogP contribution in [-0.2, 0) is 14.6 Å². The Labute approximate surface area is 137 Å². The van der Waals surface area contributed by atoms with Crippen molar-refractivity contribution in [2.45, 2.75) is 38.5 Å². The SMILES string of the molecule is NC(=O)C1CCC(CNC(=O)NCC2CCCS(=O)(=O)C2)CC1. The van der Waals surface area contributed by atoms with E-state index >= 15 is 0 Å². The quantitative estimate of drug-likeness (QED) is 0.668. The maximum Gasteiger partial charge on any atom is 0.314 e. The molecule has 2 aliphatic rings. The average Bonchev–Trinajstić information content (AvgIpc) is 2.50. The average molecular weight is 345 g/mol. The monoisotopic (exact) mass is 345 g/mol. The van der Waals surface area contributed by atoms with E-state index in [2.05, 4.69) is 10.6 Å². The lowest BCUT2D eigenvalue weighted by atomic mass is 9.82. The van der Waals surface area contributed by atoms with Gasteiger partial charge in [-0.2, -0.15) is 0 Å². The summed E-state index contributed by atoms with van der Waals surface area (Å²) in [7, 11) is -2.93. The van der Waals surface area contributed by atoms with Crippen molar-refractivity contribution in [2.75, 3.05) is 24.6 Å². The minimum absolute atomic E-state index is 0.0190. The number of carbonyl (C=O) groups is 2. The fraction of sp³-hybridized carbons (Fsp3) is 0.867. The van der Waals surface area contributed by atoms with E-state index in [9.17, 15) is 18.0 Å². The Bertz CT molecular complexity index is 527. The topological polar surface area (TPSA) is 118 Å². The number of nitrogens with two attached hydrogens (primary N) is 1. The molecule has 0 aromatic rings. The molecule has 132 valence electrons. The van der Waals surface area contributed by atoms with Crippen molar-refractivity contribution < 1.29 is 18.0 Å². The molecule has 0 aromatic heterocycles. The summed E-state index contributed by atoms with van der Waals surface area (Å²) in [5, 5.41) is 5.61. The van der Waals surface area contributed by atoms with Crippen molar-refractivity contribution in [3.63, 3.8) is 0 Å². The number of hydrogen-bond donors (Lipinski definition) is 3. The summed E-state index contributed by atoms with van der Waals surface area (Å²) in [5.74, 6) is 0.593. The molecule has 7 nitrogen and oxygen atoms in total. The van der Waals surface area contributed by atoms with Crippen molar-refractivity contribution in [3.05, 3.63) is 0 Å². The van der Waals surface area contributed by atoms with Crippen LogP contribution in [0.3, 0.4) is 0 Å². The molecule has 2 fully saturated rings. The molecule has 0 bridgehead atoms. The van der Waals surface area contributed by atoms with Crippen LogP contribution in [0, 0.1) is 17.8 Å². The summed E-state index contributed by atoms with van der Waals surface area (Å²) in [6, 6.07) is -0.245. The first-order valence-corrected chi connectivity index (χ1v) is 10.2.